The molecule has 0 bridgehead atoms. The van der Waals surface area contributed by atoms with Crippen molar-refractivity contribution < 1.29 is 14.3 Å². The minimum absolute atomic E-state index is 0.123. The molecule has 0 saturated carbocycles. The number of nitrogens with zero attached hydrogens (tertiary/aromatic N) is 1. The zero-order valence-electron chi connectivity index (χ0n) is 12.4. The molecule has 6 heteroatoms. The second-order valence-corrected chi connectivity index (χ2v) is 6.37. The highest BCUT2D eigenvalue weighted by Crippen LogP contribution is 2.50. The van der Waals surface area contributed by atoms with Crippen LogP contribution in [0.1, 0.15) is 5.56 Å². The Labute approximate surface area is 137 Å². The van der Waals surface area contributed by atoms with Crippen molar-refractivity contribution in [2.24, 2.45) is 0 Å². The predicted molar refractivity (Wildman–Crippen MR) is 90.1 cm³/mol. The number of carbonyl (C=O) groups excluding carboxylic acids is 2. The standard InChI is InChI=1S/C17H14N2O3S/c1-22-12-8-6-11(7-9-12)19-16(21)23-10-17(19)13-4-2-3-5-14(13)18-15(17)20/h2-9H,10H2,1H3,(H,18,20)/t17-/m1/s1. The minimum Gasteiger partial charge on any atom is -0.497 e. The van der Waals surface area contributed by atoms with Crippen molar-refractivity contribution >= 4 is 34.3 Å². The van der Waals surface area contributed by atoms with Crippen LogP contribution in [0.4, 0.5) is 16.2 Å². The van der Waals surface area contributed by atoms with E-state index in [1.165, 1.54) is 11.8 Å². The molecule has 116 valence electrons. The van der Waals surface area contributed by atoms with Crippen molar-refractivity contribution in [2.75, 3.05) is 23.1 Å². The number of para-hydroxylation sites is 1. The predicted octanol–water partition coefficient (Wildman–Crippen LogP) is 3.22. The van der Waals surface area contributed by atoms with Crippen molar-refractivity contribution in [3.05, 3.63) is 54.1 Å². The van der Waals surface area contributed by atoms with E-state index in [2.05, 4.69) is 5.32 Å². The van der Waals surface area contributed by atoms with Crippen molar-refractivity contribution in [3.63, 3.8) is 0 Å². The molecule has 0 aliphatic carbocycles. The Hall–Kier alpha value is -2.47. The number of rotatable bonds is 2. The van der Waals surface area contributed by atoms with Crippen LogP contribution in [-0.4, -0.2) is 24.0 Å². The fraction of sp³-hybridized carbons (Fsp3) is 0.176. The van der Waals surface area contributed by atoms with Gasteiger partial charge < -0.3 is 10.1 Å². The molecule has 2 aliphatic rings. The Morgan fingerprint density at radius 2 is 1.87 bits per heavy atom. The number of hydrogen-bond donors (Lipinski definition) is 1. The maximum Gasteiger partial charge on any atom is 0.287 e. The van der Waals surface area contributed by atoms with E-state index < -0.39 is 5.54 Å². The fourth-order valence-corrected chi connectivity index (χ4v) is 4.31. The normalized spacial score (nSPS) is 22.4. The zero-order valence-corrected chi connectivity index (χ0v) is 13.2. The van der Waals surface area contributed by atoms with Crippen LogP contribution in [0.3, 0.4) is 0 Å². The molecule has 4 rings (SSSR count). The van der Waals surface area contributed by atoms with Gasteiger partial charge in [0.2, 0.25) is 0 Å². The number of thioether (sulfide) groups is 1. The second kappa shape index (κ2) is 5.03. The summed E-state index contributed by atoms with van der Waals surface area (Å²) in [5.74, 6) is 0.951. The van der Waals surface area contributed by atoms with E-state index in [-0.39, 0.29) is 11.1 Å². The summed E-state index contributed by atoms with van der Waals surface area (Å²) in [5.41, 5.74) is 1.32. The van der Waals surface area contributed by atoms with Gasteiger partial charge >= 0.3 is 0 Å². The van der Waals surface area contributed by atoms with E-state index >= 15 is 0 Å². The molecule has 2 aromatic carbocycles. The summed E-state index contributed by atoms with van der Waals surface area (Å²) >= 11 is 1.17. The largest absolute Gasteiger partial charge is 0.497 e. The molecule has 1 fully saturated rings. The van der Waals surface area contributed by atoms with Gasteiger partial charge in [0.15, 0.2) is 5.54 Å². The molecule has 2 amide bonds. The van der Waals surface area contributed by atoms with E-state index in [0.29, 0.717) is 17.2 Å². The number of methoxy groups -OCH3 is 1. The van der Waals surface area contributed by atoms with Crippen LogP contribution >= 0.6 is 11.8 Å². The summed E-state index contributed by atoms with van der Waals surface area (Å²) in [5, 5.41) is 2.78. The molecule has 0 unspecified atom stereocenters. The van der Waals surface area contributed by atoms with Crippen LogP contribution in [0.15, 0.2) is 48.5 Å². The molecule has 2 aliphatic heterocycles. The first-order valence-electron chi connectivity index (χ1n) is 7.19. The maximum atomic E-state index is 12.8. The number of fused-ring (bicyclic) bond motifs is 2. The number of anilines is 2. The lowest BCUT2D eigenvalue weighted by Gasteiger charge is -2.32. The quantitative estimate of drug-likeness (QED) is 0.920. The molecule has 5 nitrogen and oxygen atoms in total. The van der Waals surface area contributed by atoms with Gasteiger partial charge in [-0.2, -0.15) is 0 Å². The van der Waals surface area contributed by atoms with Gasteiger partial charge in [-0.15, -0.1) is 0 Å². The SMILES string of the molecule is COc1ccc(N2C(=O)SC[C@@]23C(=O)Nc2ccccc23)cc1. The third kappa shape index (κ3) is 1.88. The topological polar surface area (TPSA) is 58.6 Å². The molecule has 1 spiro atoms. The van der Waals surface area contributed by atoms with Crippen molar-refractivity contribution in [3.8, 4) is 5.75 Å². The van der Waals surface area contributed by atoms with E-state index in [9.17, 15) is 9.59 Å². The van der Waals surface area contributed by atoms with Gasteiger partial charge in [0, 0.05) is 22.7 Å². The van der Waals surface area contributed by atoms with Crippen LogP contribution < -0.4 is 15.0 Å². The molecule has 23 heavy (non-hydrogen) atoms. The van der Waals surface area contributed by atoms with Crippen LogP contribution in [0.25, 0.3) is 0 Å². The summed E-state index contributed by atoms with van der Waals surface area (Å²) in [4.78, 5) is 26.9. The minimum atomic E-state index is -0.979. The number of ether oxygens (including phenoxy) is 1. The van der Waals surface area contributed by atoms with Gasteiger partial charge in [0.1, 0.15) is 5.75 Å². The zero-order chi connectivity index (χ0) is 16.0. The number of carbonyl (C=O) groups is 2. The average Bonchev–Trinajstić information content (AvgIpc) is 3.07. The summed E-state index contributed by atoms with van der Waals surface area (Å²) in [6.07, 6.45) is 0. The van der Waals surface area contributed by atoms with Crippen LogP contribution in [0.2, 0.25) is 0 Å². The number of benzene rings is 2. The molecule has 2 aromatic rings. The summed E-state index contributed by atoms with van der Waals surface area (Å²) in [6, 6.07) is 14.7. The van der Waals surface area contributed by atoms with E-state index in [4.69, 9.17) is 4.74 Å². The molecule has 1 N–H and O–H groups in total. The Morgan fingerprint density at radius 3 is 2.61 bits per heavy atom. The highest BCUT2D eigenvalue weighted by atomic mass is 32.2. The Morgan fingerprint density at radius 1 is 1.13 bits per heavy atom. The van der Waals surface area contributed by atoms with Crippen LogP contribution in [-0.2, 0) is 10.3 Å². The first kappa shape index (κ1) is 14.1. The summed E-state index contributed by atoms with van der Waals surface area (Å²) in [6.45, 7) is 0. The first-order chi connectivity index (χ1) is 11.2. The highest BCUT2D eigenvalue weighted by Gasteiger charge is 2.57. The third-order valence-corrected chi connectivity index (χ3v) is 5.29. The first-order valence-corrected chi connectivity index (χ1v) is 8.17. The molecule has 0 radical (unpaired) electrons. The van der Waals surface area contributed by atoms with E-state index in [1.807, 2.05) is 24.3 Å². The lowest BCUT2D eigenvalue weighted by Crippen LogP contribution is -2.50. The lowest BCUT2D eigenvalue weighted by molar-refractivity contribution is -0.119. The Bertz CT molecular complexity index is 806. The lowest BCUT2D eigenvalue weighted by atomic mass is 9.91. The van der Waals surface area contributed by atoms with Gasteiger partial charge in [0.05, 0.1) is 7.11 Å². The van der Waals surface area contributed by atoms with Crippen LogP contribution in [0, 0.1) is 0 Å². The molecule has 1 saturated heterocycles. The van der Waals surface area contributed by atoms with Crippen molar-refractivity contribution in [1.82, 2.24) is 0 Å². The molecule has 1 atom stereocenters. The highest BCUT2D eigenvalue weighted by molar-refractivity contribution is 8.14. The second-order valence-electron chi connectivity index (χ2n) is 5.45. The van der Waals surface area contributed by atoms with Gasteiger partial charge in [-0.1, -0.05) is 30.0 Å². The smallest absolute Gasteiger partial charge is 0.287 e. The monoisotopic (exact) mass is 326 g/mol. The Kier molecular flexibility index (Phi) is 3.09. The summed E-state index contributed by atoms with van der Waals surface area (Å²) < 4.78 is 5.17. The van der Waals surface area contributed by atoms with Crippen molar-refractivity contribution in [1.29, 1.82) is 0 Å². The van der Waals surface area contributed by atoms with Gasteiger partial charge in [-0.05, 0) is 30.3 Å². The fourth-order valence-electron chi connectivity index (χ4n) is 3.17. The van der Waals surface area contributed by atoms with E-state index in [0.717, 1.165) is 11.3 Å². The Balaban J connectivity index is 1.87. The summed E-state index contributed by atoms with van der Waals surface area (Å²) in [7, 11) is 1.59. The third-order valence-electron chi connectivity index (χ3n) is 4.30. The van der Waals surface area contributed by atoms with Gasteiger partial charge in [-0.3, -0.25) is 14.5 Å². The molecule has 2 heterocycles. The number of amides is 2. The maximum absolute atomic E-state index is 12.8. The van der Waals surface area contributed by atoms with Crippen LogP contribution in [0.5, 0.6) is 5.75 Å². The number of nitrogens with one attached hydrogen (secondary N) is 1. The van der Waals surface area contributed by atoms with Gasteiger partial charge in [0.25, 0.3) is 11.1 Å². The number of hydrogen-bond acceptors (Lipinski definition) is 4. The van der Waals surface area contributed by atoms with Gasteiger partial charge in [-0.25, -0.2) is 0 Å². The molecule has 0 aromatic heterocycles. The van der Waals surface area contributed by atoms with E-state index in [1.54, 1.807) is 36.3 Å². The van der Waals surface area contributed by atoms with Crippen molar-refractivity contribution in [2.45, 2.75) is 5.54 Å². The molecular weight excluding hydrogens is 312 g/mol. The molecular formula is C17H14N2O3S. The average molecular weight is 326 g/mol.